The van der Waals surface area contributed by atoms with Gasteiger partial charge in [0, 0.05) is 12.1 Å². The highest BCUT2D eigenvalue weighted by molar-refractivity contribution is 5.46. The van der Waals surface area contributed by atoms with E-state index in [1.807, 2.05) is 0 Å². The Balaban J connectivity index is 1.70. The molecule has 0 spiro atoms. The summed E-state index contributed by atoms with van der Waals surface area (Å²) >= 11 is 0. The third kappa shape index (κ3) is 13.8. The Kier molecular flexibility index (Phi) is 17.0. The smallest absolute Gasteiger partial charge is 0.142 e. The second-order valence-electron chi connectivity index (χ2n) is 10.2. The summed E-state index contributed by atoms with van der Waals surface area (Å²) in [5.74, 6) is 5.57. The van der Waals surface area contributed by atoms with Gasteiger partial charge < -0.3 is 9.47 Å². The molecule has 0 aliphatic heterocycles. The van der Waals surface area contributed by atoms with Crippen LogP contribution in [0, 0.1) is 23.5 Å². The highest BCUT2D eigenvalue weighted by Crippen LogP contribution is 2.19. The molecule has 2 aromatic carbocycles. The summed E-state index contributed by atoms with van der Waals surface area (Å²) in [7, 11) is 0. The maximum Gasteiger partial charge on any atom is 0.142 e. The van der Waals surface area contributed by atoms with Gasteiger partial charge in [0.1, 0.15) is 23.1 Å². The number of halogens is 2. The van der Waals surface area contributed by atoms with Crippen LogP contribution in [-0.4, -0.2) is 13.2 Å². The van der Waals surface area contributed by atoms with Crippen LogP contribution < -0.4 is 9.47 Å². The van der Waals surface area contributed by atoms with Crippen molar-refractivity contribution in [1.29, 1.82) is 0 Å². The predicted octanol–water partition coefficient (Wildman–Crippen LogP) is 10.4. The molecule has 2 nitrogen and oxygen atoms in total. The van der Waals surface area contributed by atoms with Gasteiger partial charge in [0.25, 0.3) is 0 Å². The summed E-state index contributed by atoms with van der Waals surface area (Å²) < 4.78 is 40.4. The van der Waals surface area contributed by atoms with E-state index < -0.39 is 11.6 Å². The Morgan fingerprint density at radius 3 is 1.18 bits per heavy atom. The summed E-state index contributed by atoms with van der Waals surface area (Å²) in [6.45, 7) is 5.62. The van der Waals surface area contributed by atoms with Gasteiger partial charge in [0.2, 0.25) is 0 Å². The fraction of sp³-hybridized carbons (Fsp3) is 0.588. The highest BCUT2D eigenvalue weighted by Gasteiger charge is 2.05. The molecule has 2 aromatic rings. The molecule has 38 heavy (non-hydrogen) atoms. The zero-order valence-electron chi connectivity index (χ0n) is 23.8. The normalized spacial score (nSPS) is 10.7. The maximum atomic E-state index is 14.5. The van der Waals surface area contributed by atoms with Gasteiger partial charge in [-0.1, -0.05) is 116 Å². The van der Waals surface area contributed by atoms with E-state index >= 15 is 0 Å². The lowest BCUT2D eigenvalue weighted by atomic mass is 10.1. The van der Waals surface area contributed by atoms with Gasteiger partial charge in [-0.3, -0.25) is 0 Å². The first kappa shape index (κ1) is 31.7. The highest BCUT2D eigenvalue weighted by atomic mass is 19.1. The number of ether oxygens (including phenoxy) is 2. The van der Waals surface area contributed by atoms with Crippen molar-refractivity contribution in [1.82, 2.24) is 0 Å². The molecule has 0 atom stereocenters. The van der Waals surface area contributed by atoms with Crippen molar-refractivity contribution in [3.05, 3.63) is 59.2 Å². The van der Waals surface area contributed by atoms with Crippen LogP contribution in [0.1, 0.15) is 128 Å². The van der Waals surface area contributed by atoms with Gasteiger partial charge in [-0.15, -0.1) is 0 Å². The molecular weight excluding hydrogens is 478 g/mol. The van der Waals surface area contributed by atoms with Gasteiger partial charge in [-0.05, 0) is 37.1 Å². The number of hydrogen-bond acceptors (Lipinski definition) is 2. The maximum absolute atomic E-state index is 14.5. The van der Waals surface area contributed by atoms with E-state index in [1.54, 1.807) is 24.3 Å². The average Bonchev–Trinajstić information content (AvgIpc) is 2.91. The van der Waals surface area contributed by atoms with Crippen molar-refractivity contribution in [2.24, 2.45) is 0 Å². The summed E-state index contributed by atoms with van der Waals surface area (Å²) in [6.07, 6.45) is 19.7. The Hall–Kier alpha value is -2.54. The predicted molar refractivity (Wildman–Crippen MR) is 155 cm³/mol. The number of unbranched alkanes of at least 4 members (excludes halogenated alkanes) is 14. The van der Waals surface area contributed by atoms with Gasteiger partial charge in [-0.25, -0.2) is 8.78 Å². The van der Waals surface area contributed by atoms with E-state index in [4.69, 9.17) is 9.47 Å². The molecule has 0 N–H and O–H groups in total. The van der Waals surface area contributed by atoms with Crippen molar-refractivity contribution in [2.75, 3.05) is 13.2 Å². The number of hydrogen-bond donors (Lipinski definition) is 0. The van der Waals surface area contributed by atoms with Gasteiger partial charge >= 0.3 is 0 Å². The van der Waals surface area contributed by atoms with Crippen molar-refractivity contribution < 1.29 is 18.3 Å². The molecule has 2 rings (SSSR count). The lowest BCUT2D eigenvalue weighted by Crippen LogP contribution is -1.98. The van der Waals surface area contributed by atoms with Crippen molar-refractivity contribution >= 4 is 0 Å². The van der Waals surface area contributed by atoms with Crippen LogP contribution in [0.4, 0.5) is 8.78 Å². The van der Waals surface area contributed by atoms with Crippen molar-refractivity contribution in [3.63, 3.8) is 0 Å². The first-order valence-corrected chi connectivity index (χ1v) is 15.0. The zero-order valence-corrected chi connectivity index (χ0v) is 23.8. The van der Waals surface area contributed by atoms with Crippen molar-refractivity contribution in [2.45, 2.75) is 117 Å². The molecule has 0 fully saturated rings. The molecule has 0 heterocycles. The van der Waals surface area contributed by atoms with Crippen LogP contribution in [0.3, 0.4) is 0 Å². The van der Waals surface area contributed by atoms with Crippen LogP contribution in [0.15, 0.2) is 36.4 Å². The topological polar surface area (TPSA) is 18.5 Å². The average molecular weight is 527 g/mol. The van der Waals surface area contributed by atoms with Crippen LogP contribution in [0.25, 0.3) is 0 Å². The fourth-order valence-electron chi connectivity index (χ4n) is 4.36. The van der Waals surface area contributed by atoms with Crippen LogP contribution in [0.5, 0.6) is 11.5 Å². The second kappa shape index (κ2) is 20.4. The molecule has 210 valence electrons. The van der Waals surface area contributed by atoms with Gasteiger partial charge in [0.05, 0.1) is 24.3 Å². The number of benzene rings is 2. The van der Waals surface area contributed by atoms with Gasteiger partial charge in [-0.2, -0.15) is 0 Å². The monoisotopic (exact) mass is 526 g/mol. The third-order valence-corrected chi connectivity index (χ3v) is 6.75. The molecule has 0 saturated heterocycles. The van der Waals surface area contributed by atoms with Crippen molar-refractivity contribution in [3.8, 4) is 23.3 Å². The third-order valence-electron chi connectivity index (χ3n) is 6.75. The second-order valence-corrected chi connectivity index (χ2v) is 10.2. The number of rotatable bonds is 20. The minimum Gasteiger partial charge on any atom is -0.493 e. The largest absolute Gasteiger partial charge is 0.493 e. The first-order chi connectivity index (χ1) is 18.6. The van der Waals surface area contributed by atoms with E-state index in [0.29, 0.717) is 24.7 Å². The summed E-state index contributed by atoms with van der Waals surface area (Å²) in [4.78, 5) is 0. The van der Waals surface area contributed by atoms with E-state index in [0.717, 1.165) is 25.7 Å². The summed E-state index contributed by atoms with van der Waals surface area (Å²) in [6, 6.07) is 9.32. The quantitative estimate of drug-likeness (QED) is 0.126. The van der Waals surface area contributed by atoms with E-state index in [2.05, 4.69) is 25.7 Å². The molecule has 0 radical (unpaired) electrons. The van der Waals surface area contributed by atoms with Crippen LogP contribution in [0.2, 0.25) is 0 Å². The Morgan fingerprint density at radius 2 is 0.842 bits per heavy atom. The molecular formula is C34H48F2O2. The summed E-state index contributed by atoms with van der Waals surface area (Å²) in [5.41, 5.74) is 0.442. The van der Waals surface area contributed by atoms with E-state index in [1.165, 1.54) is 89.2 Å². The molecule has 0 aromatic heterocycles. The standard InChI is InChI=1S/C34H48F2O2/c1-3-5-7-9-11-13-15-17-25-37-31-23-21-29(33(35)27-31)19-20-30-22-24-32(28-34(30)36)38-26-18-16-14-12-10-8-6-4-2/h21-24,27-28H,3-18,25-26H2,1-2H3. The Labute approximate surface area is 230 Å². The van der Waals surface area contributed by atoms with Crippen LogP contribution in [-0.2, 0) is 0 Å². The Bertz CT molecular complexity index is 885. The first-order valence-electron chi connectivity index (χ1n) is 15.0. The lowest BCUT2D eigenvalue weighted by Gasteiger charge is -2.07. The molecule has 0 unspecified atom stereocenters. The van der Waals surface area contributed by atoms with E-state index in [9.17, 15) is 8.78 Å². The minimum absolute atomic E-state index is 0.221. The molecule has 4 heteroatoms. The molecule has 0 aliphatic rings. The molecule has 0 saturated carbocycles. The van der Waals surface area contributed by atoms with Crippen LogP contribution >= 0.6 is 0 Å². The van der Waals surface area contributed by atoms with E-state index in [-0.39, 0.29) is 11.1 Å². The molecule has 0 amide bonds. The SMILES string of the molecule is CCCCCCCCCCOc1ccc(C#Cc2ccc(OCCCCCCCCCC)cc2F)c(F)c1. The molecule has 0 bridgehead atoms. The van der Waals surface area contributed by atoms with Gasteiger partial charge in [0.15, 0.2) is 0 Å². The Morgan fingerprint density at radius 1 is 0.500 bits per heavy atom. The molecule has 0 aliphatic carbocycles. The zero-order chi connectivity index (χ0) is 27.3. The minimum atomic E-state index is -0.461. The summed E-state index contributed by atoms with van der Waals surface area (Å²) in [5, 5.41) is 0. The fourth-order valence-corrected chi connectivity index (χ4v) is 4.36. The lowest BCUT2D eigenvalue weighted by molar-refractivity contribution is 0.302.